The number of benzene rings is 1. The molecule has 0 N–H and O–H groups in total. The van der Waals surface area contributed by atoms with E-state index >= 15 is 0 Å². The van der Waals surface area contributed by atoms with Gasteiger partial charge in [0.15, 0.2) is 0 Å². The van der Waals surface area contributed by atoms with Gasteiger partial charge in [0.2, 0.25) is 5.12 Å². The van der Waals surface area contributed by atoms with Crippen LogP contribution in [0, 0.1) is 0 Å². The molecule has 0 fully saturated rings. The number of carbonyl (C=O) groups is 1. The lowest BCUT2D eigenvalue weighted by atomic mass is 10.1. The maximum absolute atomic E-state index is 11.3. The molecular weight excluding hydrogens is 200 g/mol. The number of rotatable bonds is 4. The second-order valence-corrected chi connectivity index (χ2v) is 3.10. The molecule has 4 heteroatoms. The van der Waals surface area contributed by atoms with Gasteiger partial charge in [-0.25, -0.2) is 0 Å². The highest BCUT2D eigenvalue weighted by Crippen LogP contribution is 2.28. The highest BCUT2D eigenvalue weighted by atomic mass is 32.1. The van der Waals surface area contributed by atoms with E-state index in [2.05, 4.69) is 12.6 Å². The van der Waals surface area contributed by atoms with Crippen LogP contribution in [-0.2, 0) is 20.1 Å². The Labute approximate surface area is 88.4 Å². The molecule has 0 aliphatic rings. The lowest BCUT2D eigenvalue weighted by Crippen LogP contribution is -2.37. The molecule has 0 amide bonds. The van der Waals surface area contributed by atoms with Crippen molar-refractivity contribution < 1.29 is 14.3 Å². The maximum Gasteiger partial charge on any atom is 0.266 e. The van der Waals surface area contributed by atoms with Gasteiger partial charge in [-0.1, -0.05) is 43.0 Å². The fourth-order valence-corrected chi connectivity index (χ4v) is 1.59. The fraction of sp³-hybridized carbons (Fsp3) is 0.300. The molecule has 0 spiro atoms. The van der Waals surface area contributed by atoms with Crippen molar-refractivity contribution in [3.8, 4) is 0 Å². The van der Waals surface area contributed by atoms with Crippen LogP contribution in [0.1, 0.15) is 5.56 Å². The van der Waals surface area contributed by atoms with Gasteiger partial charge in [-0.2, -0.15) is 0 Å². The zero-order valence-corrected chi connectivity index (χ0v) is 8.95. The van der Waals surface area contributed by atoms with Crippen LogP contribution in [0.4, 0.5) is 0 Å². The van der Waals surface area contributed by atoms with Crippen molar-refractivity contribution in [2.24, 2.45) is 0 Å². The van der Waals surface area contributed by atoms with E-state index in [1.54, 1.807) is 24.3 Å². The molecule has 0 aliphatic heterocycles. The molecule has 0 unspecified atom stereocenters. The molecular formula is C10H12O3S. The SMILES string of the molecule is COC(OC)(C(=O)S)c1ccccc1. The minimum absolute atomic E-state index is 0.478. The first-order valence-electron chi connectivity index (χ1n) is 4.06. The van der Waals surface area contributed by atoms with Gasteiger partial charge in [-0.3, -0.25) is 4.79 Å². The van der Waals surface area contributed by atoms with Crippen LogP contribution in [0.2, 0.25) is 0 Å². The highest BCUT2D eigenvalue weighted by molar-refractivity contribution is 7.96. The Kier molecular flexibility index (Phi) is 3.69. The van der Waals surface area contributed by atoms with E-state index in [1.165, 1.54) is 14.2 Å². The maximum atomic E-state index is 11.3. The van der Waals surface area contributed by atoms with Crippen molar-refractivity contribution in [1.82, 2.24) is 0 Å². The highest BCUT2D eigenvalue weighted by Gasteiger charge is 2.38. The van der Waals surface area contributed by atoms with Gasteiger partial charge < -0.3 is 9.47 Å². The van der Waals surface area contributed by atoms with E-state index in [0.717, 1.165) is 0 Å². The van der Waals surface area contributed by atoms with E-state index in [-0.39, 0.29) is 0 Å². The van der Waals surface area contributed by atoms with Crippen molar-refractivity contribution in [2.45, 2.75) is 5.79 Å². The summed E-state index contributed by atoms with van der Waals surface area (Å²) in [6, 6.07) is 8.96. The summed E-state index contributed by atoms with van der Waals surface area (Å²) < 4.78 is 10.2. The molecule has 0 radical (unpaired) electrons. The Morgan fingerprint density at radius 2 is 1.71 bits per heavy atom. The van der Waals surface area contributed by atoms with E-state index in [4.69, 9.17) is 9.47 Å². The number of thiol groups is 1. The van der Waals surface area contributed by atoms with Gasteiger partial charge in [0.1, 0.15) is 0 Å². The van der Waals surface area contributed by atoms with Crippen LogP contribution in [0.25, 0.3) is 0 Å². The molecule has 1 aromatic rings. The summed E-state index contributed by atoms with van der Waals surface area (Å²) in [6.07, 6.45) is 0. The third-order valence-electron chi connectivity index (χ3n) is 2.01. The Hall–Kier alpha value is -0.840. The van der Waals surface area contributed by atoms with E-state index in [9.17, 15) is 4.79 Å². The van der Waals surface area contributed by atoms with Gasteiger partial charge >= 0.3 is 0 Å². The van der Waals surface area contributed by atoms with E-state index in [0.29, 0.717) is 5.56 Å². The summed E-state index contributed by atoms with van der Waals surface area (Å²) in [5.74, 6) is -1.40. The standard InChI is InChI=1S/C10H12O3S/c1-12-10(13-2,9(11)14)8-6-4-3-5-7-8/h3-7H,1-2H3,(H,11,14). The smallest absolute Gasteiger partial charge is 0.266 e. The molecule has 0 heterocycles. The summed E-state index contributed by atoms with van der Waals surface area (Å²) in [5.41, 5.74) is 0.630. The Morgan fingerprint density at radius 3 is 2.07 bits per heavy atom. The van der Waals surface area contributed by atoms with Crippen molar-refractivity contribution >= 4 is 17.7 Å². The van der Waals surface area contributed by atoms with E-state index < -0.39 is 10.9 Å². The van der Waals surface area contributed by atoms with Crippen LogP contribution in [0.3, 0.4) is 0 Å². The molecule has 76 valence electrons. The summed E-state index contributed by atoms with van der Waals surface area (Å²) >= 11 is 3.76. The molecule has 0 bridgehead atoms. The van der Waals surface area contributed by atoms with Crippen molar-refractivity contribution in [2.75, 3.05) is 14.2 Å². The van der Waals surface area contributed by atoms with Crippen LogP contribution in [-0.4, -0.2) is 19.3 Å². The fourth-order valence-electron chi connectivity index (χ4n) is 1.27. The number of methoxy groups -OCH3 is 2. The minimum atomic E-state index is -1.40. The molecule has 3 nitrogen and oxygen atoms in total. The van der Waals surface area contributed by atoms with Gasteiger partial charge in [0, 0.05) is 19.8 Å². The number of hydrogen-bond donors (Lipinski definition) is 1. The van der Waals surface area contributed by atoms with Gasteiger partial charge in [0.25, 0.3) is 5.79 Å². The van der Waals surface area contributed by atoms with Crippen LogP contribution < -0.4 is 0 Å². The molecule has 1 rings (SSSR count). The normalized spacial score (nSPS) is 11.4. The average Bonchev–Trinajstić information content (AvgIpc) is 2.22. The first-order chi connectivity index (χ1) is 6.67. The molecule has 0 saturated heterocycles. The van der Waals surface area contributed by atoms with E-state index in [1.807, 2.05) is 6.07 Å². The number of carbonyl (C=O) groups excluding carboxylic acids is 1. The van der Waals surface area contributed by atoms with Crippen molar-refractivity contribution in [3.63, 3.8) is 0 Å². The largest absolute Gasteiger partial charge is 0.343 e. The number of ether oxygens (including phenoxy) is 2. The second-order valence-electron chi connectivity index (χ2n) is 2.70. The summed E-state index contributed by atoms with van der Waals surface area (Å²) in [7, 11) is 2.81. The van der Waals surface area contributed by atoms with Crippen LogP contribution in [0.5, 0.6) is 0 Å². The van der Waals surface area contributed by atoms with Crippen molar-refractivity contribution in [1.29, 1.82) is 0 Å². The van der Waals surface area contributed by atoms with Crippen LogP contribution in [0.15, 0.2) is 30.3 Å². The Morgan fingerprint density at radius 1 is 1.21 bits per heavy atom. The lowest BCUT2D eigenvalue weighted by Gasteiger charge is -2.27. The van der Waals surface area contributed by atoms with Gasteiger partial charge in [-0.15, -0.1) is 0 Å². The first-order valence-corrected chi connectivity index (χ1v) is 4.51. The third-order valence-corrected chi connectivity index (χ3v) is 2.30. The predicted octanol–water partition coefficient (Wildman–Crippen LogP) is 1.59. The quantitative estimate of drug-likeness (QED) is 0.608. The monoisotopic (exact) mass is 212 g/mol. The summed E-state index contributed by atoms with van der Waals surface area (Å²) in [5, 5.41) is -0.478. The zero-order chi connectivity index (χ0) is 10.6. The average molecular weight is 212 g/mol. The first kappa shape index (κ1) is 11.2. The van der Waals surface area contributed by atoms with Crippen LogP contribution >= 0.6 is 12.6 Å². The summed E-state index contributed by atoms with van der Waals surface area (Å²) in [4.78, 5) is 11.3. The summed E-state index contributed by atoms with van der Waals surface area (Å²) in [6.45, 7) is 0. The second kappa shape index (κ2) is 4.59. The zero-order valence-electron chi connectivity index (χ0n) is 8.06. The molecule has 0 aromatic heterocycles. The Bertz CT molecular complexity index is 306. The molecule has 14 heavy (non-hydrogen) atoms. The number of hydrogen-bond acceptors (Lipinski definition) is 3. The van der Waals surface area contributed by atoms with Crippen molar-refractivity contribution in [3.05, 3.63) is 35.9 Å². The molecule has 0 saturated carbocycles. The topological polar surface area (TPSA) is 35.5 Å². The lowest BCUT2D eigenvalue weighted by molar-refractivity contribution is -0.204. The minimum Gasteiger partial charge on any atom is -0.343 e. The van der Waals surface area contributed by atoms with Gasteiger partial charge in [-0.05, 0) is 0 Å². The molecule has 0 atom stereocenters. The van der Waals surface area contributed by atoms with Gasteiger partial charge in [0.05, 0.1) is 0 Å². The third kappa shape index (κ3) is 1.82. The Balaban J connectivity index is 3.18. The molecule has 1 aromatic carbocycles. The predicted molar refractivity (Wildman–Crippen MR) is 56.1 cm³/mol. The molecule has 0 aliphatic carbocycles.